The Morgan fingerprint density at radius 3 is 2.68 bits per heavy atom. The second-order valence-electron chi connectivity index (χ2n) is 5.73. The third-order valence-electron chi connectivity index (χ3n) is 3.78. The molecule has 0 bridgehead atoms. The molecule has 1 amide bonds. The van der Waals surface area contributed by atoms with Crippen LogP contribution < -0.4 is 5.32 Å². The van der Waals surface area contributed by atoms with Crippen LogP contribution in [0.25, 0.3) is 10.2 Å². The third kappa shape index (κ3) is 4.28. The van der Waals surface area contributed by atoms with Crippen molar-refractivity contribution < 1.29 is 28.1 Å². The first-order valence-corrected chi connectivity index (χ1v) is 9.78. The molecule has 0 unspecified atom stereocenters. The van der Waals surface area contributed by atoms with Crippen molar-refractivity contribution in [3.8, 4) is 0 Å². The first-order chi connectivity index (χ1) is 13.2. The number of hydrogen-bond acceptors (Lipinski definition) is 6. The Labute approximate surface area is 164 Å². The quantitative estimate of drug-likeness (QED) is 0.573. The van der Waals surface area contributed by atoms with Crippen LogP contribution in [0.3, 0.4) is 0 Å². The van der Waals surface area contributed by atoms with E-state index in [-0.39, 0.29) is 21.8 Å². The second kappa shape index (κ2) is 7.80. The van der Waals surface area contributed by atoms with Crippen LogP contribution in [-0.2, 0) is 19.0 Å². The van der Waals surface area contributed by atoms with Gasteiger partial charge in [0.15, 0.2) is 5.01 Å². The molecule has 0 fully saturated rings. The van der Waals surface area contributed by atoms with Crippen molar-refractivity contribution >= 4 is 44.5 Å². The Hall–Kier alpha value is -2.60. The summed E-state index contributed by atoms with van der Waals surface area (Å²) in [6.07, 6.45) is -3.40. The number of amides is 1. The highest BCUT2D eigenvalue weighted by Gasteiger charge is 2.35. The standard InChI is InChI=1S/C16H13F3N4O3S2/c1-2-9-7-27-12(21-9)3-4-20-14(24)15-22-10-5-8(16(17,18)19)6-11(23(25)26)13(10)28-15/h5-7H,2-4H2,1H3,(H-,20,24,25,26)/p+1. The number of hydrogen-bond donors (Lipinski definition) is 2. The van der Waals surface area contributed by atoms with Crippen molar-refractivity contribution in [2.45, 2.75) is 25.9 Å². The monoisotopic (exact) mass is 431 g/mol. The number of aryl methyl sites for hydroxylation is 1. The SMILES string of the molecule is CCc1csc(CCNC(=O)c2nc3cc(C(F)(F)F)cc([N+](=O)O)c3s2)n1. The van der Waals surface area contributed by atoms with Gasteiger partial charge in [-0.1, -0.05) is 6.92 Å². The lowest BCUT2D eigenvalue weighted by molar-refractivity contribution is -0.728. The minimum atomic E-state index is -4.73. The summed E-state index contributed by atoms with van der Waals surface area (Å²) in [6.45, 7) is 2.27. The Bertz CT molecular complexity index is 1050. The van der Waals surface area contributed by atoms with Gasteiger partial charge in [0.05, 0.1) is 26.7 Å². The van der Waals surface area contributed by atoms with Crippen LogP contribution in [0.1, 0.15) is 33.0 Å². The summed E-state index contributed by atoms with van der Waals surface area (Å²) >= 11 is 2.21. The maximum Gasteiger partial charge on any atom is 0.416 e. The molecule has 0 radical (unpaired) electrons. The predicted molar refractivity (Wildman–Crippen MR) is 97.2 cm³/mol. The Kier molecular flexibility index (Phi) is 5.61. The minimum Gasteiger partial charge on any atom is -0.350 e. The number of halogens is 3. The van der Waals surface area contributed by atoms with E-state index in [1.165, 1.54) is 11.3 Å². The number of rotatable bonds is 6. The number of nitrogens with zero attached hydrogens (tertiary/aromatic N) is 3. The maximum atomic E-state index is 13.0. The van der Waals surface area contributed by atoms with Crippen molar-refractivity contribution in [1.29, 1.82) is 0 Å². The number of fused-ring (bicyclic) bond motifs is 1. The molecule has 1 aromatic carbocycles. The molecule has 2 aromatic heterocycles. The van der Waals surface area contributed by atoms with Gasteiger partial charge in [0, 0.05) is 24.4 Å². The van der Waals surface area contributed by atoms with E-state index in [9.17, 15) is 22.9 Å². The van der Waals surface area contributed by atoms with Gasteiger partial charge in [0.2, 0.25) is 0 Å². The van der Waals surface area contributed by atoms with Crippen molar-refractivity contribution in [2.24, 2.45) is 0 Å². The lowest BCUT2D eigenvalue weighted by atomic mass is 10.2. The molecule has 148 valence electrons. The van der Waals surface area contributed by atoms with E-state index in [4.69, 9.17) is 5.21 Å². The number of nitrogens with one attached hydrogen (secondary N) is 1. The summed E-state index contributed by atoms with van der Waals surface area (Å²) in [5, 5.41) is 14.5. The van der Waals surface area contributed by atoms with Crippen molar-refractivity contribution in [3.05, 3.63) is 43.7 Å². The first kappa shape index (κ1) is 20.1. The van der Waals surface area contributed by atoms with E-state index in [1.54, 1.807) is 0 Å². The molecular formula is C16H14F3N4O3S2+. The van der Waals surface area contributed by atoms with Gasteiger partial charge in [-0.2, -0.15) is 13.2 Å². The molecule has 0 atom stereocenters. The fraction of sp³-hybridized carbons (Fsp3) is 0.312. The molecule has 3 rings (SSSR count). The topological polar surface area (TPSA) is 95.2 Å². The first-order valence-electron chi connectivity index (χ1n) is 8.08. The summed E-state index contributed by atoms with van der Waals surface area (Å²) in [5.41, 5.74) is -0.979. The number of carbonyl (C=O) groups excluding carboxylic acids is 1. The molecule has 3 aromatic rings. The summed E-state index contributed by atoms with van der Waals surface area (Å²) in [4.78, 5) is 31.1. The van der Waals surface area contributed by atoms with Crippen LogP contribution in [-0.4, -0.2) is 32.6 Å². The minimum absolute atomic E-state index is 0.0110. The van der Waals surface area contributed by atoms with Crippen molar-refractivity contribution in [2.75, 3.05) is 6.54 Å². The molecule has 0 spiro atoms. The maximum absolute atomic E-state index is 13.0. The van der Waals surface area contributed by atoms with Crippen LogP contribution in [0, 0.1) is 4.91 Å². The predicted octanol–water partition coefficient (Wildman–Crippen LogP) is 4.11. The van der Waals surface area contributed by atoms with Crippen molar-refractivity contribution in [1.82, 2.24) is 15.3 Å². The van der Waals surface area contributed by atoms with E-state index >= 15 is 0 Å². The fourth-order valence-electron chi connectivity index (χ4n) is 2.40. The van der Waals surface area contributed by atoms with Gasteiger partial charge in [-0.3, -0.25) is 4.79 Å². The largest absolute Gasteiger partial charge is 0.416 e. The lowest BCUT2D eigenvalue weighted by Gasteiger charge is -2.04. The number of carbonyl (C=O) groups is 1. The van der Waals surface area contributed by atoms with Gasteiger partial charge >= 0.3 is 11.9 Å². The van der Waals surface area contributed by atoms with Gasteiger partial charge < -0.3 is 5.32 Å². The summed E-state index contributed by atoms with van der Waals surface area (Å²) in [5.74, 6) is -0.580. The molecule has 0 aliphatic carbocycles. The Balaban J connectivity index is 1.79. The molecule has 7 nitrogen and oxygen atoms in total. The van der Waals surface area contributed by atoms with Gasteiger partial charge in [-0.25, -0.2) is 15.2 Å². The summed E-state index contributed by atoms with van der Waals surface area (Å²) in [7, 11) is 0. The van der Waals surface area contributed by atoms with Crippen LogP contribution in [0.2, 0.25) is 0 Å². The highest BCUT2D eigenvalue weighted by Crippen LogP contribution is 2.38. The lowest BCUT2D eigenvalue weighted by Crippen LogP contribution is -2.25. The molecule has 0 saturated carbocycles. The molecular weight excluding hydrogens is 417 g/mol. The molecule has 2 N–H and O–H groups in total. The van der Waals surface area contributed by atoms with E-state index < -0.39 is 28.3 Å². The average molecular weight is 431 g/mol. The van der Waals surface area contributed by atoms with Crippen molar-refractivity contribution in [3.63, 3.8) is 0 Å². The summed E-state index contributed by atoms with van der Waals surface area (Å²) in [6, 6.07) is 1.25. The zero-order valence-electron chi connectivity index (χ0n) is 14.4. The Morgan fingerprint density at radius 2 is 2.07 bits per heavy atom. The second-order valence-corrected chi connectivity index (χ2v) is 7.67. The van der Waals surface area contributed by atoms with Crippen LogP contribution in [0.5, 0.6) is 0 Å². The van der Waals surface area contributed by atoms with Crippen LogP contribution >= 0.6 is 22.7 Å². The summed E-state index contributed by atoms with van der Waals surface area (Å²) < 4.78 is 38.9. The highest BCUT2D eigenvalue weighted by molar-refractivity contribution is 7.20. The number of thiazole rings is 2. The molecule has 12 heteroatoms. The zero-order valence-corrected chi connectivity index (χ0v) is 16.0. The fourth-order valence-corrected chi connectivity index (χ4v) is 4.24. The van der Waals surface area contributed by atoms with Crippen LogP contribution in [0.4, 0.5) is 18.9 Å². The van der Waals surface area contributed by atoms with Gasteiger partial charge in [-0.15, -0.1) is 22.7 Å². The molecule has 0 aliphatic heterocycles. The van der Waals surface area contributed by atoms with Gasteiger partial charge in [-0.05, 0) is 12.5 Å². The smallest absolute Gasteiger partial charge is 0.350 e. The molecule has 0 aliphatic rings. The molecule has 28 heavy (non-hydrogen) atoms. The average Bonchev–Trinajstić information content (AvgIpc) is 3.26. The molecule has 2 heterocycles. The molecule has 0 saturated heterocycles. The number of alkyl halides is 3. The Morgan fingerprint density at radius 1 is 1.32 bits per heavy atom. The highest BCUT2D eigenvalue weighted by atomic mass is 32.1. The van der Waals surface area contributed by atoms with E-state index in [0.29, 0.717) is 12.5 Å². The van der Waals surface area contributed by atoms with Crippen LogP contribution in [0.15, 0.2) is 17.5 Å². The number of benzene rings is 1. The van der Waals surface area contributed by atoms with Gasteiger partial charge in [0.1, 0.15) is 4.70 Å². The third-order valence-corrected chi connectivity index (χ3v) is 5.83. The number of aromatic nitrogens is 2. The van der Waals surface area contributed by atoms with E-state index in [2.05, 4.69) is 15.3 Å². The zero-order chi connectivity index (χ0) is 20.5. The van der Waals surface area contributed by atoms with Gasteiger partial charge in [0.25, 0.3) is 10.8 Å². The normalized spacial score (nSPS) is 11.7. The van der Waals surface area contributed by atoms with E-state index in [1.807, 2.05) is 12.3 Å². The van der Waals surface area contributed by atoms with E-state index in [0.717, 1.165) is 34.5 Å².